The fourth-order valence-electron chi connectivity index (χ4n) is 4.80. The van der Waals surface area contributed by atoms with Crippen LogP contribution in [0.25, 0.3) is 11.8 Å². The van der Waals surface area contributed by atoms with Gasteiger partial charge in [0.15, 0.2) is 0 Å². The fraction of sp³-hybridized carbons (Fsp3) is 0.156. The molecule has 3 amide bonds. The van der Waals surface area contributed by atoms with Crippen LogP contribution in [0.3, 0.4) is 0 Å². The largest absolute Gasteiger partial charge is 0.489 e. The second-order valence-electron chi connectivity index (χ2n) is 9.58. The van der Waals surface area contributed by atoms with Gasteiger partial charge in [0.25, 0.3) is 5.91 Å². The monoisotopic (exact) mass is 516 g/mol. The van der Waals surface area contributed by atoms with Gasteiger partial charge in [-0.3, -0.25) is 9.69 Å². The normalized spacial score (nSPS) is 14.0. The number of urea groups is 1. The summed E-state index contributed by atoms with van der Waals surface area (Å²) in [5.41, 5.74) is 7.40. The van der Waals surface area contributed by atoms with Gasteiger partial charge in [0.1, 0.15) is 18.1 Å². The molecule has 1 aliphatic rings. The Balaban J connectivity index is 1.32. The number of benzene rings is 3. The molecule has 0 spiro atoms. The highest BCUT2D eigenvalue weighted by Crippen LogP contribution is 2.26. The summed E-state index contributed by atoms with van der Waals surface area (Å²) in [4.78, 5) is 26.9. The predicted octanol–water partition coefficient (Wildman–Crippen LogP) is 5.95. The predicted molar refractivity (Wildman–Crippen MR) is 149 cm³/mol. The molecule has 0 unspecified atom stereocenters. The molecule has 3 aromatic carbocycles. The molecule has 39 heavy (non-hydrogen) atoms. The lowest BCUT2D eigenvalue weighted by Crippen LogP contribution is -2.30. The van der Waals surface area contributed by atoms with Crippen molar-refractivity contribution in [1.82, 2.24) is 14.8 Å². The maximum absolute atomic E-state index is 13.1. The number of imide groups is 1. The van der Waals surface area contributed by atoms with E-state index in [1.807, 2.05) is 93.6 Å². The first-order valence-corrected chi connectivity index (χ1v) is 12.6. The topological polar surface area (TPSA) is 87.4 Å². The third-order valence-electron chi connectivity index (χ3n) is 6.78. The number of aryl methyl sites for hydroxylation is 2. The van der Waals surface area contributed by atoms with Gasteiger partial charge < -0.3 is 14.6 Å². The molecule has 5 rings (SSSR count). The Morgan fingerprint density at radius 2 is 1.72 bits per heavy atom. The molecule has 7 heteroatoms. The van der Waals surface area contributed by atoms with Crippen molar-refractivity contribution in [2.45, 2.75) is 33.9 Å². The van der Waals surface area contributed by atoms with Crippen LogP contribution < -0.4 is 10.1 Å². The Bertz CT molecular complexity index is 1640. The van der Waals surface area contributed by atoms with Gasteiger partial charge in [0, 0.05) is 22.6 Å². The Morgan fingerprint density at radius 1 is 0.949 bits per heavy atom. The molecule has 0 radical (unpaired) electrons. The SMILES string of the molecule is Cc1cccc(CN2C(=O)N/C(=C/c3cc(C)n(-c4ccc(OCc5ccccc5C#N)cc4)c3C)C2=O)c1. The van der Waals surface area contributed by atoms with Crippen molar-refractivity contribution in [3.05, 3.63) is 124 Å². The van der Waals surface area contributed by atoms with Crippen molar-refractivity contribution >= 4 is 18.0 Å². The zero-order valence-electron chi connectivity index (χ0n) is 22.1. The quantitative estimate of drug-likeness (QED) is 0.243. The highest BCUT2D eigenvalue weighted by molar-refractivity contribution is 6.14. The minimum atomic E-state index is -0.422. The average molecular weight is 517 g/mol. The zero-order chi connectivity index (χ0) is 27.5. The highest BCUT2D eigenvalue weighted by atomic mass is 16.5. The van der Waals surface area contributed by atoms with Crippen molar-refractivity contribution in [3.63, 3.8) is 0 Å². The lowest BCUT2D eigenvalue weighted by atomic mass is 10.1. The number of hydrogen-bond acceptors (Lipinski definition) is 4. The number of carbonyl (C=O) groups is 2. The number of ether oxygens (including phenoxy) is 1. The van der Waals surface area contributed by atoms with E-state index < -0.39 is 6.03 Å². The Kier molecular flexibility index (Phi) is 7.02. The molecule has 1 saturated heterocycles. The Hall–Kier alpha value is -5.09. The minimum Gasteiger partial charge on any atom is -0.489 e. The van der Waals surface area contributed by atoms with Crippen LogP contribution in [0.5, 0.6) is 5.75 Å². The molecule has 0 saturated carbocycles. The van der Waals surface area contributed by atoms with Gasteiger partial charge in [0.2, 0.25) is 0 Å². The minimum absolute atomic E-state index is 0.221. The van der Waals surface area contributed by atoms with Crippen LogP contribution in [-0.4, -0.2) is 21.4 Å². The number of aromatic nitrogens is 1. The van der Waals surface area contributed by atoms with Crippen molar-refractivity contribution in [2.75, 3.05) is 0 Å². The first-order chi connectivity index (χ1) is 18.8. The van der Waals surface area contributed by atoms with Gasteiger partial charge in [-0.15, -0.1) is 0 Å². The Labute approximate surface area is 227 Å². The summed E-state index contributed by atoms with van der Waals surface area (Å²) in [5, 5.41) is 12.0. The van der Waals surface area contributed by atoms with Crippen molar-refractivity contribution in [1.29, 1.82) is 5.26 Å². The number of nitrogens with one attached hydrogen (secondary N) is 1. The lowest BCUT2D eigenvalue weighted by Gasteiger charge is -2.12. The second-order valence-corrected chi connectivity index (χ2v) is 9.58. The van der Waals surface area contributed by atoms with Crippen molar-refractivity contribution in [2.24, 2.45) is 0 Å². The number of amides is 3. The second kappa shape index (κ2) is 10.7. The van der Waals surface area contributed by atoms with E-state index in [-0.39, 0.29) is 18.1 Å². The van der Waals surface area contributed by atoms with Crippen molar-refractivity contribution < 1.29 is 14.3 Å². The number of rotatable bonds is 7. The number of carbonyl (C=O) groups excluding carboxylic acids is 2. The van der Waals surface area contributed by atoms with E-state index in [2.05, 4.69) is 16.0 Å². The molecular weight excluding hydrogens is 488 g/mol. The van der Waals surface area contributed by atoms with Gasteiger partial charge >= 0.3 is 6.03 Å². The molecule has 7 nitrogen and oxygen atoms in total. The van der Waals surface area contributed by atoms with Crippen LogP contribution in [-0.2, 0) is 17.9 Å². The lowest BCUT2D eigenvalue weighted by molar-refractivity contribution is -0.123. The summed E-state index contributed by atoms with van der Waals surface area (Å²) in [6, 6.07) is 26.6. The van der Waals surface area contributed by atoms with E-state index in [1.165, 1.54) is 4.90 Å². The van der Waals surface area contributed by atoms with E-state index in [0.717, 1.165) is 39.3 Å². The molecular formula is C32H28N4O3. The fourth-order valence-corrected chi connectivity index (χ4v) is 4.80. The van der Waals surface area contributed by atoms with E-state index in [0.29, 0.717) is 17.9 Å². The van der Waals surface area contributed by atoms with E-state index in [9.17, 15) is 14.9 Å². The van der Waals surface area contributed by atoms with E-state index in [1.54, 1.807) is 12.1 Å². The zero-order valence-corrected chi connectivity index (χ0v) is 22.1. The van der Waals surface area contributed by atoms with Gasteiger partial charge in [-0.2, -0.15) is 5.26 Å². The maximum atomic E-state index is 13.1. The van der Waals surface area contributed by atoms with Crippen LogP contribution in [0, 0.1) is 32.1 Å². The molecule has 1 N–H and O–H groups in total. The summed E-state index contributed by atoms with van der Waals surface area (Å²) < 4.78 is 8.00. The summed E-state index contributed by atoms with van der Waals surface area (Å²) in [6.45, 7) is 6.49. The molecule has 0 atom stereocenters. The van der Waals surface area contributed by atoms with Crippen LogP contribution in [0.1, 0.15) is 39.2 Å². The molecule has 1 fully saturated rings. The molecule has 4 aromatic rings. The molecule has 1 aromatic heterocycles. The summed E-state index contributed by atoms with van der Waals surface area (Å²) in [6.07, 6.45) is 1.74. The number of hydrogen-bond donors (Lipinski definition) is 1. The van der Waals surface area contributed by atoms with Gasteiger partial charge in [-0.1, -0.05) is 48.0 Å². The molecule has 0 bridgehead atoms. The highest BCUT2D eigenvalue weighted by Gasteiger charge is 2.33. The number of nitriles is 1. The van der Waals surface area contributed by atoms with E-state index >= 15 is 0 Å². The molecule has 2 heterocycles. The smallest absolute Gasteiger partial charge is 0.329 e. The molecule has 1 aliphatic heterocycles. The third kappa shape index (κ3) is 5.32. The Morgan fingerprint density at radius 3 is 2.46 bits per heavy atom. The summed E-state index contributed by atoms with van der Waals surface area (Å²) in [7, 11) is 0. The van der Waals surface area contributed by atoms with Crippen LogP contribution in [0.15, 0.2) is 84.6 Å². The standard InChI is InChI=1S/C32H28N4O3/c1-21-7-6-8-24(15-21)19-35-31(37)30(34-32(35)38)17-27-16-22(2)36(23(27)3)28-11-13-29(14-12-28)39-20-26-10-5-4-9-25(26)18-33/h4-17H,19-20H2,1-3H3,(H,34,38)/b30-17+. The van der Waals surface area contributed by atoms with Gasteiger partial charge in [0.05, 0.1) is 18.2 Å². The summed E-state index contributed by atoms with van der Waals surface area (Å²) >= 11 is 0. The maximum Gasteiger partial charge on any atom is 0.329 e. The van der Waals surface area contributed by atoms with Crippen LogP contribution in [0.2, 0.25) is 0 Å². The summed E-state index contributed by atoms with van der Waals surface area (Å²) in [5.74, 6) is 0.357. The molecule has 0 aliphatic carbocycles. The molecule has 194 valence electrons. The van der Waals surface area contributed by atoms with Crippen LogP contribution >= 0.6 is 0 Å². The number of nitrogens with zero attached hydrogens (tertiary/aromatic N) is 3. The van der Waals surface area contributed by atoms with Gasteiger partial charge in [-0.05, 0) is 74.4 Å². The third-order valence-corrected chi connectivity index (χ3v) is 6.78. The first kappa shape index (κ1) is 25.6. The van der Waals surface area contributed by atoms with Crippen LogP contribution in [0.4, 0.5) is 4.79 Å². The average Bonchev–Trinajstić information content (AvgIpc) is 3.36. The van der Waals surface area contributed by atoms with E-state index in [4.69, 9.17) is 4.74 Å². The van der Waals surface area contributed by atoms with Gasteiger partial charge in [-0.25, -0.2) is 4.79 Å². The first-order valence-electron chi connectivity index (χ1n) is 12.6. The van der Waals surface area contributed by atoms with Crippen molar-refractivity contribution in [3.8, 4) is 17.5 Å².